The first-order valence-electron chi connectivity index (χ1n) is 4.70. The first-order valence-corrected chi connectivity index (χ1v) is 4.70. The molecule has 0 aromatic heterocycles. The number of carbonyl (C=O) groups is 1. The number of ether oxygens (including phenoxy) is 1. The van der Waals surface area contributed by atoms with E-state index in [0.29, 0.717) is 11.3 Å². The van der Waals surface area contributed by atoms with E-state index in [1.54, 1.807) is 12.1 Å². The molecule has 0 saturated heterocycles. The van der Waals surface area contributed by atoms with Crippen LogP contribution in [0.15, 0.2) is 36.2 Å². The van der Waals surface area contributed by atoms with Crippen LogP contribution in [0, 0.1) is 0 Å². The van der Waals surface area contributed by atoms with Crippen molar-refractivity contribution in [3.8, 4) is 5.75 Å². The van der Waals surface area contributed by atoms with Crippen LogP contribution >= 0.6 is 12.4 Å². The molecule has 0 unspecified atom stereocenters. The second kappa shape index (κ2) is 7.65. The Hall–Kier alpha value is -1.59. The van der Waals surface area contributed by atoms with Gasteiger partial charge in [0.25, 0.3) is 0 Å². The molecule has 0 heterocycles. The molecule has 0 atom stereocenters. The van der Waals surface area contributed by atoms with E-state index >= 15 is 0 Å². The molecule has 4 N–H and O–H groups in total. The van der Waals surface area contributed by atoms with Gasteiger partial charge in [-0.25, -0.2) is 4.39 Å². The van der Waals surface area contributed by atoms with Gasteiger partial charge in [0.05, 0.1) is 0 Å². The quantitative estimate of drug-likeness (QED) is 0.840. The molecule has 17 heavy (non-hydrogen) atoms. The summed E-state index contributed by atoms with van der Waals surface area (Å²) in [5.74, 6) is -0.479. The van der Waals surface area contributed by atoms with Gasteiger partial charge in [-0.05, 0) is 30.3 Å². The number of hydrogen-bond acceptors (Lipinski definition) is 3. The van der Waals surface area contributed by atoms with E-state index in [1.165, 1.54) is 18.2 Å². The molecule has 94 valence electrons. The standard InChI is InChI=1S/C11H13FN2O2.ClH/c12-9(5-6-13)7-16-10-3-1-8(2-4-10)11(14)15;/h1-5H,6-7,13H2,(H2,14,15);1H/b9-5-;. The van der Waals surface area contributed by atoms with E-state index in [4.69, 9.17) is 16.2 Å². The number of halogens is 2. The van der Waals surface area contributed by atoms with Crippen LogP contribution in [0.1, 0.15) is 10.4 Å². The topological polar surface area (TPSA) is 78.3 Å². The molecule has 0 aliphatic carbocycles. The number of rotatable bonds is 5. The van der Waals surface area contributed by atoms with Gasteiger partial charge in [-0.2, -0.15) is 0 Å². The third-order valence-corrected chi connectivity index (χ3v) is 1.85. The van der Waals surface area contributed by atoms with Crippen LogP contribution in [-0.4, -0.2) is 19.1 Å². The minimum absolute atomic E-state index is 0. The summed E-state index contributed by atoms with van der Waals surface area (Å²) in [6, 6.07) is 6.13. The zero-order valence-corrected chi connectivity index (χ0v) is 9.87. The normalized spacial score (nSPS) is 10.6. The van der Waals surface area contributed by atoms with Crippen LogP contribution < -0.4 is 16.2 Å². The van der Waals surface area contributed by atoms with Gasteiger partial charge in [-0.15, -0.1) is 12.4 Å². The maximum atomic E-state index is 12.9. The molecule has 0 aliphatic rings. The molecule has 0 saturated carbocycles. The molecule has 6 heteroatoms. The van der Waals surface area contributed by atoms with Gasteiger partial charge in [0.1, 0.15) is 18.2 Å². The molecule has 1 aromatic rings. The lowest BCUT2D eigenvalue weighted by Gasteiger charge is -2.04. The first kappa shape index (κ1) is 15.4. The van der Waals surface area contributed by atoms with Crippen LogP contribution in [0.5, 0.6) is 5.75 Å². The molecule has 0 fully saturated rings. The van der Waals surface area contributed by atoms with Crippen LogP contribution in [0.25, 0.3) is 0 Å². The molecular weight excluding hydrogens is 247 g/mol. The predicted octanol–water partition coefficient (Wildman–Crippen LogP) is 1.40. The molecule has 0 radical (unpaired) electrons. The maximum absolute atomic E-state index is 12.9. The summed E-state index contributed by atoms with van der Waals surface area (Å²) in [5.41, 5.74) is 10.6. The smallest absolute Gasteiger partial charge is 0.248 e. The molecule has 0 spiro atoms. The van der Waals surface area contributed by atoms with Crippen molar-refractivity contribution in [1.82, 2.24) is 0 Å². The molecule has 0 bridgehead atoms. The van der Waals surface area contributed by atoms with Crippen molar-refractivity contribution < 1.29 is 13.9 Å². The average molecular weight is 261 g/mol. The van der Waals surface area contributed by atoms with Gasteiger partial charge in [-0.3, -0.25) is 4.79 Å². The SMILES string of the molecule is Cl.NC/C=C(\F)COc1ccc(C(N)=O)cc1. The van der Waals surface area contributed by atoms with Crippen molar-refractivity contribution in [2.75, 3.05) is 13.2 Å². The monoisotopic (exact) mass is 260 g/mol. The van der Waals surface area contributed by atoms with Crippen molar-refractivity contribution in [1.29, 1.82) is 0 Å². The van der Waals surface area contributed by atoms with Crippen LogP contribution in [0.3, 0.4) is 0 Å². The second-order valence-corrected chi connectivity index (χ2v) is 3.06. The number of carbonyl (C=O) groups excluding carboxylic acids is 1. The Kier molecular flexibility index (Phi) is 6.93. The zero-order chi connectivity index (χ0) is 12.0. The summed E-state index contributed by atoms with van der Waals surface area (Å²) in [6.45, 7) is -0.0388. The number of nitrogens with two attached hydrogens (primary N) is 2. The maximum Gasteiger partial charge on any atom is 0.248 e. The third-order valence-electron chi connectivity index (χ3n) is 1.85. The minimum atomic E-state index is -0.513. The van der Waals surface area contributed by atoms with Gasteiger partial charge < -0.3 is 16.2 Å². The van der Waals surface area contributed by atoms with Crippen molar-refractivity contribution >= 4 is 18.3 Å². The Bertz CT molecular complexity index is 393. The number of primary amides is 1. The van der Waals surface area contributed by atoms with Crippen molar-refractivity contribution in [3.63, 3.8) is 0 Å². The zero-order valence-electron chi connectivity index (χ0n) is 9.06. The largest absolute Gasteiger partial charge is 0.487 e. The fourth-order valence-corrected chi connectivity index (χ4v) is 1.05. The molecule has 1 aromatic carbocycles. The fourth-order valence-electron chi connectivity index (χ4n) is 1.05. The van der Waals surface area contributed by atoms with E-state index in [1.807, 2.05) is 0 Å². The lowest BCUT2D eigenvalue weighted by Crippen LogP contribution is -2.10. The van der Waals surface area contributed by atoms with Crippen LogP contribution in [0.2, 0.25) is 0 Å². The summed E-state index contributed by atoms with van der Waals surface area (Å²) in [4.78, 5) is 10.8. The fraction of sp³-hybridized carbons (Fsp3) is 0.182. The van der Waals surface area contributed by atoms with Crippen molar-refractivity contribution in [2.24, 2.45) is 11.5 Å². The Morgan fingerprint density at radius 1 is 1.35 bits per heavy atom. The van der Waals surface area contributed by atoms with E-state index in [0.717, 1.165) is 0 Å². The van der Waals surface area contributed by atoms with Crippen LogP contribution in [0.4, 0.5) is 4.39 Å². The molecule has 1 rings (SSSR count). The highest BCUT2D eigenvalue weighted by atomic mass is 35.5. The summed E-state index contributed by atoms with van der Waals surface area (Å²) in [5, 5.41) is 0. The highest BCUT2D eigenvalue weighted by Crippen LogP contribution is 2.13. The van der Waals surface area contributed by atoms with Crippen molar-refractivity contribution in [3.05, 3.63) is 41.7 Å². The number of amides is 1. The summed E-state index contributed by atoms with van der Waals surface area (Å²) < 4.78 is 18.0. The Morgan fingerprint density at radius 3 is 2.41 bits per heavy atom. The van der Waals surface area contributed by atoms with E-state index in [2.05, 4.69) is 0 Å². The van der Waals surface area contributed by atoms with Gasteiger partial charge in [0.2, 0.25) is 5.91 Å². The highest BCUT2D eigenvalue weighted by Gasteiger charge is 2.01. The summed E-state index contributed by atoms with van der Waals surface area (Å²) in [7, 11) is 0. The molecular formula is C11H14ClFN2O2. The minimum Gasteiger partial charge on any atom is -0.487 e. The lowest BCUT2D eigenvalue weighted by molar-refractivity contribution is 0.100. The molecule has 0 aliphatic heterocycles. The number of benzene rings is 1. The van der Waals surface area contributed by atoms with Crippen molar-refractivity contribution in [2.45, 2.75) is 0 Å². The van der Waals surface area contributed by atoms with E-state index < -0.39 is 11.7 Å². The summed E-state index contributed by atoms with van der Waals surface area (Å²) in [6.07, 6.45) is 1.23. The Balaban J connectivity index is 0.00000256. The van der Waals surface area contributed by atoms with E-state index in [9.17, 15) is 9.18 Å². The molecule has 1 amide bonds. The highest BCUT2D eigenvalue weighted by molar-refractivity contribution is 5.92. The first-order chi connectivity index (χ1) is 7.63. The van der Waals surface area contributed by atoms with Gasteiger partial charge in [0, 0.05) is 12.1 Å². The lowest BCUT2D eigenvalue weighted by atomic mass is 10.2. The third kappa shape index (κ3) is 5.33. The average Bonchev–Trinajstić information content (AvgIpc) is 2.27. The van der Waals surface area contributed by atoms with Gasteiger partial charge in [0.15, 0.2) is 0 Å². The summed E-state index contributed by atoms with van der Waals surface area (Å²) >= 11 is 0. The van der Waals surface area contributed by atoms with E-state index in [-0.39, 0.29) is 25.6 Å². The molecule has 4 nitrogen and oxygen atoms in total. The Morgan fingerprint density at radius 2 is 1.94 bits per heavy atom. The second-order valence-electron chi connectivity index (χ2n) is 3.06. The predicted molar refractivity (Wildman–Crippen MR) is 65.9 cm³/mol. The Labute approximate surface area is 105 Å². The van der Waals surface area contributed by atoms with Gasteiger partial charge in [-0.1, -0.05) is 0 Å². The number of hydrogen-bond donors (Lipinski definition) is 2. The van der Waals surface area contributed by atoms with Gasteiger partial charge >= 0.3 is 0 Å². The van der Waals surface area contributed by atoms with Crippen LogP contribution in [-0.2, 0) is 0 Å².